The number of halogens is 1. The van der Waals surface area contributed by atoms with E-state index in [-0.39, 0.29) is 18.1 Å². The summed E-state index contributed by atoms with van der Waals surface area (Å²) in [6.45, 7) is 5.09. The van der Waals surface area contributed by atoms with Crippen molar-refractivity contribution < 1.29 is 9.53 Å². The largest absolute Gasteiger partial charge is 0.372 e. The van der Waals surface area contributed by atoms with Gasteiger partial charge < -0.3 is 9.64 Å². The molecule has 7 heteroatoms. The highest BCUT2D eigenvalue weighted by Gasteiger charge is 2.29. The van der Waals surface area contributed by atoms with Gasteiger partial charge in [0.25, 0.3) is 5.91 Å². The molecule has 140 valence electrons. The Labute approximate surface area is 167 Å². The Morgan fingerprint density at radius 3 is 2.59 bits per heavy atom. The number of benzene rings is 1. The fourth-order valence-electron chi connectivity index (χ4n) is 3.39. The number of ether oxygens (including phenoxy) is 1. The van der Waals surface area contributed by atoms with Crippen LogP contribution in [0.5, 0.6) is 0 Å². The minimum Gasteiger partial charge on any atom is -0.372 e. The van der Waals surface area contributed by atoms with Crippen molar-refractivity contribution in [1.82, 2.24) is 14.7 Å². The molecule has 0 saturated carbocycles. The summed E-state index contributed by atoms with van der Waals surface area (Å²) >= 11 is 7.99. The maximum atomic E-state index is 13.3. The average molecular weight is 402 g/mol. The Balaban J connectivity index is 1.79. The molecule has 1 aliphatic heterocycles. The number of rotatable bonds is 3. The highest BCUT2D eigenvalue weighted by Crippen LogP contribution is 2.29. The molecule has 1 amide bonds. The van der Waals surface area contributed by atoms with E-state index in [4.69, 9.17) is 21.4 Å². The van der Waals surface area contributed by atoms with Gasteiger partial charge in [0.1, 0.15) is 11.4 Å². The molecule has 3 heterocycles. The van der Waals surface area contributed by atoms with E-state index in [1.807, 2.05) is 60.5 Å². The summed E-state index contributed by atoms with van der Waals surface area (Å²) in [4.78, 5) is 16.2. The van der Waals surface area contributed by atoms with E-state index >= 15 is 0 Å². The second-order valence-electron chi connectivity index (χ2n) is 6.72. The van der Waals surface area contributed by atoms with Crippen LogP contribution in [0.1, 0.15) is 24.3 Å². The van der Waals surface area contributed by atoms with Gasteiger partial charge in [0.15, 0.2) is 0 Å². The summed E-state index contributed by atoms with van der Waals surface area (Å²) in [5.41, 5.74) is 1.97. The lowest BCUT2D eigenvalue weighted by atomic mass is 10.2. The van der Waals surface area contributed by atoms with Crippen molar-refractivity contribution in [3.05, 3.63) is 58.6 Å². The van der Waals surface area contributed by atoms with Gasteiger partial charge in [0, 0.05) is 13.1 Å². The zero-order valence-electron chi connectivity index (χ0n) is 15.1. The Kier molecular flexibility index (Phi) is 5.04. The number of hydrogen-bond acceptors (Lipinski definition) is 4. The minimum absolute atomic E-state index is 0.00570. The Hall–Kier alpha value is -2.15. The molecule has 27 heavy (non-hydrogen) atoms. The van der Waals surface area contributed by atoms with Crippen LogP contribution in [0.2, 0.25) is 5.02 Å². The molecule has 0 N–H and O–H groups in total. The molecular weight excluding hydrogens is 382 g/mol. The molecule has 5 nitrogen and oxygen atoms in total. The van der Waals surface area contributed by atoms with Crippen LogP contribution in [-0.4, -0.2) is 45.9 Å². The fraction of sp³-hybridized carbons (Fsp3) is 0.300. The van der Waals surface area contributed by atoms with Crippen LogP contribution < -0.4 is 0 Å². The van der Waals surface area contributed by atoms with Gasteiger partial charge in [-0.3, -0.25) is 4.79 Å². The molecule has 3 aromatic rings. The standard InChI is InChI=1S/C20H20ClN3O2S/c1-13-11-23(12-14(2)26-13)20(25)18-10-16(19-8-5-9-27-19)22-24(18)17-7-4-3-6-15(17)21/h3-10,13-14H,11-12H2,1-2H3/t13-,14-/m1/s1. The van der Waals surface area contributed by atoms with Crippen LogP contribution in [0.25, 0.3) is 16.3 Å². The number of hydrogen-bond donors (Lipinski definition) is 0. The topological polar surface area (TPSA) is 47.4 Å². The van der Waals surface area contributed by atoms with E-state index in [9.17, 15) is 4.79 Å². The van der Waals surface area contributed by atoms with Crippen LogP contribution >= 0.6 is 22.9 Å². The van der Waals surface area contributed by atoms with E-state index in [1.165, 1.54) is 0 Å². The molecule has 0 spiro atoms. The maximum Gasteiger partial charge on any atom is 0.272 e. The third kappa shape index (κ3) is 3.65. The van der Waals surface area contributed by atoms with Crippen LogP contribution in [0, 0.1) is 0 Å². The summed E-state index contributed by atoms with van der Waals surface area (Å²) in [5, 5.41) is 7.25. The molecular formula is C20H20ClN3O2S. The first-order valence-corrected chi connectivity index (χ1v) is 10.1. The molecule has 1 fully saturated rings. The summed E-state index contributed by atoms with van der Waals surface area (Å²) in [6, 6.07) is 13.2. The normalized spacial score (nSPS) is 20.0. The van der Waals surface area contributed by atoms with Crippen molar-refractivity contribution in [2.45, 2.75) is 26.1 Å². The zero-order valence-corrected chi connectivity index (χ0v) is 16.7. The molecule has 1 saturated heterocycles. The van der Waals surface area contributed by atoms with E-state index < -0.39 is 0 Å². The highest BCUT2D eigenvalue weighted by atomic mass is 35.5. The molecule has 0 aliphatic carbocycles. The number of thiophene rings is 1. The minimum atomic E-state index is -0.0628. The van der Waals surface area contributed by atoms with Crippen molar-refractivity contribution in [3.8, 4) is 16.3 Å². The van der Waals surface area contributed by atoms with Crippen LogP contribution in [0.15, 0.2) is 47.8 Å². The van der Waals surface area contributed by atoms with Gasteiger partial charge in [-0.1, -0.05) is 29.8 Å². The van der Waals surface area contributed by atoms with E-state index in [0.29, 0.717) is 29.5 Å². The summed E-state index contributed by atoms with van der Waals surface area (Å²) in [6.07, 6.45) is 0.0114. The first-order chi connectivity index (χ1) is 13.0. The van der Waals surface area contributed by atoms with Gasteiger partial charge in [-0.05, 0) is 43.5 Å². The Morgan fingerprint density at radius 2 is 1.93 bits per heavy atom. The molecule has 2 aromatic heterocycles. The summed E-state index contributed by atoms with van der Waals surface area (Å²) in [5.74, 6) is -0.0628. The SMILES string of the molecule is C[C@@H]1CN(C(=O)c2cc(-c3cccs3)nn2-c2ccccc2Cl)C[C@@H](C)O1. The quantitative estimate of drug-likeness (QED) is 0.649. The van der Waals surface area contributed by atoms with Gasteiger partial charge in [-0.25, -0.2) is 4.68 Å². The molecule has 1 aromatic carbocycles. The molecule has 2 atom stereocenters. The van der Waals surface area contributed by atoms with Gasteiger partial charge in [-0.2, -0.15) is 5.10 Å². The monoisotopic (exact) mass is 401 g/mol. The van der Waals surface area contributed by atoms with Gasteiger partial charge in [-0.15, -0.1) is 11.3 Å². The van der Waals surface area contributed by atoms with Crippen molar-refractivity contribution in [1.29, 1.82) is 0 Å². The number of carbonyl (C=O) groups excluding carboxylic acids is 1. The first kappa shape index (κ1) is 18.2. The van der Waals surface area contributed by atoms with Gasteiger partial charge in [0.2, 0.25) is 0 Å². The molecule has 1 aliphatic rings. The molecule has 0 unspecified atom stereocenters. The zero-order chi connectivity index (χ0) is 19.0. The number of morpholine rings is 1. The summed E-state index contributed by atoms with van der Waals surface area (Å²) < 4.78 is 7.42. The second kappa shape index (κ2) is 7.46. The number of aromatic nitrogens is 2. The van der Waals surface area contributed by atoms with Crippen LogP contribution in [-0.2, 0) is 4.74 Å². The third-order valence-electron chi connectivity index (χ3n) is 4.49. The van der Waals surface area contributed by atoms with Crippen molar-refractivity contribution >= 4 is 28.8 Å². The lowest BCUT2D eigenvalue weighted by molar-refractivity contribution is -0.0588. The second-order valence-corrected chi connectivity index (χ2v) is 8.08. The molecule has 0 radical (unpaired) electrons. The number of para-hydroxylation sites is 1. The van der Waals surface area contributed by atoms with Gasteiger partial charge >= 0.3 is 0 Å². The predicted octanol–water partition coefficient (Wildman–Crippen LogP) is 4.50. The first-order valence-electron chi connectivity index (χ1n) is 8.86. The molecule has 4 rings (SSSR count). The smallest absolute Gasteiger partial charge is 0.272 e. The number of carbonyl (C=O) groups is 1. The number of nitrogens with zero attached hydrogens (tertiary/aromatic N) is 3. The third-order valence-corrected chi connectivity index (χ3v) is 5.70. The van der Waals surface area contributed by atoms with Crippen molar-refractivity contribution in [2.24, 2.45) is 0 Å². The lowest BCUT2D eigenvalue weighted by Gasteiger charge is -2.35. The summed E-state index contributed by atoms with van der Waals surface area (Å²) in [7, 11) is 0. The van der Waals surface area contributed by atoms with E-state index in [2.05, 4.69) is 0 Å². The lowest BCUT2D eigenvalue weighted by Crippen LogP contribution is -2.48. The van der Waals surface area contributed by atoms with Crippen LogP contribution in [0.3, 0.4) is 0 Å². The number of amides is 1. The Morgan fingerprint density at radius 1 is 1.19 bits per heavy atom. The predicted molar refractivity (Wildman–Crippen MR) is 108 cm³/mol. The van der Waals surface area contributed by atoms with E-state index in [0.717, 1.165) is 10.6 Å². The maximum absolute atomic E-state index is 13.3. The van der Waals surface area contributed by atoms with Crippen LogP contribution in [0.4, 0.5) is 0 Å². The highest BCUT2D eigenvalue weighted by molar-refractivity contribution is 7.13. The average Bonchev–Trinajstić information content (AvgIpc) is 3.30. The van der Waals surface area contributed by atoms with Crippen molar-refractivity contribution in [2.75, 3.05) is 13.1 Å². The Bertz CT molecular complexity index is 944. The molecule has 0 bridgehead atoms. The fourth-order valence-corrected chi connectivity index (χ4v) is 4.29. The van der Waals surface area contributed by atoms with Crippen molar-refractivity contribution in [3.63, 3.8) is 0 Å². The van der Waals surface area contributed by atoms with Gasteiger partial charge in [0.05, 0.1) is 27.8 Å². The van der Waals surface area contributed by atoms with E-state index in [1.54, 1.807) is 22.1 Å².